The first-order valence-electron chi connectivity index (χ1n) is 9.75. The molecular formula is C22H37NO4. The molecule has 0 saturated heterocycles. The Morgan fingerprint density at radius 2 is 1.19 bits per heavy atom. The van der Waals surface area contributed by atoms with E-state index in [2.05, 4.69) is 61.3 Å². The number of hydrogen-bond acceptors (Lipinski definition) is 3. The van der Waals surface area contributed by atoms with E-state index in [-0.39, 0.29) is 6.42 Å². The molecule has 0 aromatic rings. The molecule has 0 bridgehead atoms. The standard InChI is InChI=1S/C20H32O2.C2H5NO2/c1-2-3-4-5-6-7-8-9-10-11-12-13-14-15-16-17-18-19-20(21)22;3-2(5)1-4/h6-7,9-10,12-13,15-16H,2-5,8,11,14,17-19H2,1H3,(H,21,22);4H,1H2,(H2,3,5)/b7-6-,10-9-,13-12-,16-15-;. The van der Waals surface area contributed by atoms with Crippen molar-refractivity contribution in [1.29, 1.82) is 0 Å². The number of carbonyl (C=O) groups is 2. The average molecular weight is 380 g/mol. The predicted molar refractivity (Wildman–Crippen MR) is 112 cm³/mol. The molecule has 0 aliphatic heterocycles. The maximum absolute atomic E-state index is 10.3. The minimum atomic E-state index is -0.712. The van der Waals surface area contributed by atoms with E-state index >= 15 is 0 Å². The third kappa shape index (κ3) is 32.1. The van der Waals surface area contributed by atoms with E-state index in [1.807, 2.05) is 0 Å². The van der Waals surface area contributed by atoms with Crippen LogP contribution in [0.4, 0.5) is 0 Å². The summed E-state index contributed by atoms with van der Waals surface area (Å²) in [5.74, 6) is -1.40. The van der Waals surface area contributed by atoms with E-state index in [4.69, 9.17) is 10.2 Å². The number of rotatable bonds is 15. The number of aliphatic hydroxyl groups is 1. The van der Waals surface area contributed by atoms with Crippen molar-refractivity contribution in [2.75, 3.05) is 6.61 Å². The number of primary amides is 1. The summed E-state index contributed by atoms with van der Waals surface area (Å²) < 4.78 is 0. The van der Waals surface area contributed by atoms with Crippen LogP contribution in [0.5, 0.6) is 0 Å². The van der Waals surface area contributed by atoms with Gasteiger partial charge in [0, 0.05) is 6.42 Å². The first kappa shape index (κ1) is 27.1. The van der Waals surface area contributed by atoms with Gasteiger partial charge in [-0.2, -0.15) is 0 Å². The molecule has 0 aromatic carbocycles. The molecule has 154 valence electrons. The molecule has 5 heteroatoms. The molecule has 0 saturated carbocycles. The van der Waals surface area contributed by atoms with Crippen LogP contribution in [0.3, 0.4) is 0 Å². The number of amides is 1. The third-order valence-electron chi connectivity index (χ3n) is 3.37. The van der Waals surface area contributed by atoms with Gasteiger partial charge in [-0.15, -0.1) is 0 Å². The average Bonchev–Trinajstić information content (AvgIpc) is 2.64. The molecule has 0 rings (SSSR count). The van der Waals surface area contributed by atoms with Crippen LogP contribution in [0.2, 0.25) is 0 Å². The van der Waals surface area contributed by atoms with Crippen molar-refractivity contribution in [2.45, 2.75) is 71.1 Å². The molecule has 0 fully saturated rings. The molecule has 0 spiro atoms. The van der Waals surface area contributed by atoms with Gasteiger partial charge in [-0.25, -0.2) is 0 Å². The highest BCUT2D eigenvalue weighted by atomic mass is 16.4. The van der Waals surface area contributed by atoms with Gasteiger partial charge in [-0.05, 0) is 44.9 Å². The van der Waals surface area contributed by atoms with Crippen LogP contribution in [0, 0.1) is 0 Å². The summed E-state index contributed by atoms with van der Waals surface area (Å²) in [5.41, 5.74) is 4.40. The lowest BCUT2D eigenvalue weighted by molar-refractivity contribution is -0.137. The van der Waals surface area contributed by atoms with Gasteiger partial charge in [0.25, 0.3) is 0 Å². The topological polar surface area (TPSA) is 101 Å². The smallest absolute Gasteiger partial charge is 0.303 e. The second kappa shape index (κ2) is 23.9. The number of carbonyl (C=O) groups excluding carboxylic acids is 1. The number of unbranched alkanes of at least 4 members (excludes halogenated alkanes) is 4. The summed E-state index contributed by atoms with van der Waals surface area (Å²) in [6, 6.07) is 0. The first-order valence-corrected chi connectivity index (χ1v) is 9.75. The Labute approximate surface area is 164 Å². The lowest BCUT2D eigenvalue weighted by atomic mass is 10.2. The number of hydrogen-bond donors (Lipinski definition) is 3. The minimum absolute atomic E-state index is 0.262. The number of carboxylic acid groups (broad SMARTS) is 1. The van der Waals surface area contributed by atoms with Gasteiger partial charge < -0.3 is 15.9 Å². The molecule has 0 heterocycles. The summed E-state index contributed by atoms with van der Waals surface area (Å²) in [6.07, 6.45) is 27.3. The maximum Gasteiger partial charge on any atom is 0.303 e. The Hall–Kier alpha value is -2.14. The third-order valence-corrected chi connectivity index (χ3v) is 3.37. The maximum atomic E-state index is 10.3. The minimum Gasteiger partial charge on any atom is -0.481 e. The fourth-order valence-electron chi connectivity index (χ4n) is 1.93. The Morgan fingerprint density at radius 1 is 0.778 bits per heavy atom. The van der Waals surface area contributed by atoms with Gasteiger partial charge in [0.05, 0.1) is 0 Å². The molecule has 27 heavy (non-hydrogen) atoms. The van der Waals surface area contributed by atoms with Crippen molar-refractivity contribution in [2.24, 2.45) is 5.73 Å². The quantitative estimate of drug-likeness (QED) is 0.284. The van der Waals surface area contributed by atoms with Gasteiger partial charge in [-0.3, -0.25) is 9.59 Å². The van der Waals surface area contributed by atoms with Crippen LogP contribution in [0.15, 0.2) is 48.6 Å². The van der Waals surface area contributed by atoms with Crippen LogP contribution >= 0.6 is 0 Å². The van der Waals surface area contributed by atoms with Crippen LogP contribution < -0.4 is 5.73 Å². The largest absolute Gasteiger partial charge is 0.481 e. The van der Waals surface area contributed by atoms with E-state index in [0.717, 1.165) is 32.1 Å². The van der Waals surface area contributed by atoms with Crippen LogP contribution in [0.1, 0.15) is 71.1 Å². The molecule has 0 aliphatic rings. The van der Waals surface area contributed by atoms with Crippen molar-refractivity contribution in [3.63, 3.8) is 0 Å². The highest BCUT2D eigenvalue weighted by molar-refractivity contribution is 5.74. The second-order valence-corrected chi connectivity index (χ2v) is 6.00. The van der Waals surface area contributed by atoms with Gasteiger partial charge in [0.15, 0.2) is 0 Å². The van der Waals surface area contributed by atoms with Crippen molar-refractivity contribution < 1.29 is 19.8 Å². The normalized spacial score (nSPS) is 11.5. The number of aliphatic hydroxyl groups excluding tert-OH is 1. The lowest BCUT2D eigenvalue weighted by Crippen LogP contribution is -2.14. The molecule has 4 N–H and O–H groups in total. The van der Waals surface area contributed by atoms with Gasteiger partial charge in [-0.1, -0.05) is 68.4 Å². The van der Waals surface area contributed by atoms with Gasteiger partial charge in [0.1, 0.15) is 6.61 Å². The monoisotopic (exact) mass is 379 g/mol. The Morgan fingerprint density at radius 3 is 1.56 bits per heavy atom. The summed E-state index contributed by atoms with van der Waals surface area (Å²) in [7, 11) is 0. The predicted octanol–water partition coefficient (Wildman–Crippen LogP) is 4.68. The molecule has 0 radical (unpaired) electrons. The van der Waals surface area contributed by atoms with Crippen molar-refractivity contribution in [3.05, 3.63) is 48.6 Å². The number of nitrogens with two attached hydrogens (primary N) is 1. The number of aliphatic carboxylic acids is 1. The second-order valence-electron chi connectivity index (χ2n) is 6.00. The van der Waals surface area contributed by atoms with E-state index in [9.17, 15) is 9.59 Å². The van der Waals surface area contributed by atoms with Crippen LogP contribution in [-0.4, -0.2) is 28.7 Å². The summed E-state index contributed by atoms with van der Waals surface area (Å²) in [6.45, 7) is 1.68. The summed E-state index contributed by atoms with van der Waals surface area (Å²) in [5, 5.41) is 16.2. The number of carboxylic acids is 1. The van der Waals surface area contributed by atoms with Crippen molar-refractivity contribution in [3.8, 4) is 0 Å². The lowest BCUT2D eigenvalue weighted by Gasteiger charge is -1.90. The number of allylic oxidation sites excluding steroid dienone is 8. The molecule has 0 aliphatic carbocycles. The van der Waals surface area contributed by atoms with Gasteiger partial charge in [0.2, 0.25) is 5.91 Å². The molecule has 1 amide bonds. The summed E-state index contributed by atoms with van der Waals surface area (Å²) >= 11 is 0. The molecular weight excluding hydrogens is 342 g/mol. The SMILES string of the molecule is CCCCC/C=C\C/C=C\C/C=C\C/C=C\CCCC(=O)O.NC(=O)CO. The highest BCUT2D eigenvalue weighted by Crippen LogP contribution is 2.01. The zero-order valence-corrected chi connectivity index (χ0v) is 16.7. The Bertz CT molecular complexity index is 465. The van der Waals surface area contributed by atoms with Crippen LogP contribution in [-0.2, 0) is 9.59 Å². The van der Waals surface area contributed by atoms with Crippen molar-refractivity contribution in [1.82, 2.24) is 0 Å². The van der Waals surface area contributed by atoms with E-state index in [1.54, 1.807) is 0 Å². The van der Waals surface area contributed by atoms with Crippen molar-refractivity contribution >= 4 is 11.9 Å². The zero-order chi connectivity index (χ0) is 20.6. The van der Waals surface area contributed by atoms with E-state index in [1.165, 1.54) is 25.7 Å². The molecule has 0 unspecified atom stereocenters. The molecule has 5 nitrogen and oxygen atoms in total. The fraction of sp³-hybridized carbons (Fsp3) is 0.545. The zero-order valence-electron chi connectivity index (χ0n) is 16.7. The van der Waals surface area contributed by atoms with E-state index in [0.29, 0.717) is 0 Å². The fourth-order valence-corrected chi connectivity index (χ4v) is 1.93. The van der Waals surface area contributed by atoms with Crippen LogP contribution in [0.25, 0.3) is 0 Å². The summed E-state index contributed by atoms with van der Waals surface area (Å²) in [4.78, 5) is 19.7. The Balaban J connectivity index is 0. The first-order chi connectivity index (χ1) is 13.0. The van der Waals surface area contributed by atoms with Gasteiger partial charge >= 0.3 is 5.97 Å². The Kier molecular flexibility index (Phi) is 23.9. The molecule has 0 aromatic heterocycles. The van der Waals surface area contributed by atoms with E-state index < -0.39 is 18.5 Å². The highest BCUT2D eigenvalue weighted by Gasteiger charge is 1.92. The molecule has 0 atom stereocenters.